The monoisotopic (exact) mass is 394 g/mol. The lowest BCUT2D eigenvalue weighted by Gasteiger charge is -2.04. The number of carboxylic acids is 1. The van der Waals surface area contributed by atoms with Crippen molar-refractivity contribution < 1.29 is 9.90 Å². The summed E-state index contributed by atoms with van der Waals surface area (Å²) in [6, 6.07) is 0. The summed E-state index contributed by atoms with van der Waals surface area (Å²) in [6.45, 7) is 2.29. The molecule has 1 N–H and O–H groups in total. The van der Waals surface area contributed by atoms with Crippen LogP contribution in [0.1, 0.15) is 148 Å². The molecule has 2 heteroatoms. The van der Waals surface area contributed by atoms with Crippen LogP contribution in [0.2, 0.25) is 0 Å². The predicted molar refractivity (Wildman–Crippen MR) is 124 cm³/mol. The van der Waals surface area contributed by atoms with Crippen LogP contribution >= 0.6 is 0 Å². The average molecular weight is 395 g/mol. The number of rotatable bonds is 23. The van der Waals surface area contributed by atoms with Gasteiger partial charge in [0, 0.05) is 6.08 Å². The summed E-state index contributed by atoms with van der Waals surface area (Å²) in [5, 5.41) is 8.50. The molecule has 0 saturated carbocycles. The Labute approximate surface area is 176 Å². The first kappa shape index (κ1) is 27.2. The van der Waals surface area contributed by atoms with Gasteiger partial charge in [-0.25, -0.2) is 4.79 Å². The van der Waals surface area contributed by atoms with E-state index < -0.39 is 5.97 Å². The second kappa shape index (κ2) is 24.2. The Morgan fingerprint density at radius 2 is 0.821 bits per heavy atom. The van der Waals surface area contributed by atoms with Gasteiger partial charge in [0.15, 0.2) is 0 Å². The number of hydrogen-bond acceptors (Lipinski definition) is 1. The van der Waals surface area contributed by atoms with Gasteiger partial charge in [-0.3, -0.25) is 0 Å². The van der Waals surface area contributed by atoms with Crippen molar-refractivity contribution in [1.82, 2.24) is 0 Å². The SMILES string of the molecule is CCCCCCCCCCCCCCCCCCCCCCCC=CC(=O)O. The third-order valence-electron chi connectivity index (χ3n) is 5.73. The molecular weight excluding hydrogens is 344 g/mol. The molecule has 0 radical (unpaired) electrons. The Morgan fingerprint density at radius 3 is 1.11 bits per heavy atom. The molecule has 166 valence electrons. The maximum atomic E-state index is 10.3. The van der Waals surface area contributed by atoms with Crippen LogP contribution in [0.5, 0.6) is 0 Å². The second-order valence-electron chi connectivity index (χ2n) is 8.60. The van der Waals surface area contributed by atoms with Crippen LogP contribution in [-0.4, -0.2) is 11.1 Å². The van der Waals surface area contributed by atoms with Gasteiger partial charge in [0.2, 0.25) is 0 Å². The fourth-order valence-corrected chi connectivity index (χ4v) is 3.88. The number of carboxylic acid groups (broad SMARTS) is 1. The molecule has 0 fully saturated rings. The number of unbranched alkanes of at least 4 members (excludes halogenated alkanes) is 21. The van der Waals surface area contributed by atoms with E-state index in [4.69, 9.17) is 5.11 Å². The van der Waals surface area contributed by atoms with E-state index in [2.05, 4.69) is 6.92 Å². The lowest BCUT2D eigenvalue weighted by atomic mass is 10.0. The largest absolute Gasteiger partial charge is 0.478 e. The fraction of sp³-hybridized carbons (Fsp3) is 0.885. The molecule has 0 aliphatic carbocycles. The molecule has 0 aliphatic rings. The van der Waals surface area contributed by atoms with Gasteiger partial charge < -0.3 is 5.11 Å². The van der Waals surface area contributed by atoms with Gasteiger partial charge >= 0.3 is 5.97 Å². The highest BCUT2D eigenvalue weighted by molar-refractivity contribution is 5.79. The highest BCUT2D eigenvalue weighted by atomic mass is 16.4. The zero-order chi connectivity index (χ0) is 20.5. The van der Waals surface area contributed by atoms with Gasteiger partial charge in [-0.05, 0) is 12.8 Å². The quantitative estimate of drug-likeness (QED) is 0.138. The Morgan fingerprint density at radius 1 is 0.536 bits per heavy atom. The summed E-state index contributed by atoms with van der Waals surface area (Å²) in [6.07, 6.45) is 33.4. The van der Waals surface area contributed by atoms with E-state index in [1.54, 1.807) is 6.08 Å². The van der Waals surface area contributed by atoms with Crippen LogP contribution in [-0.2, 0) is 4.79 Å². The van der Waals surface area contributed by atoms with Gasteiger partial charge in [0.25, 0.3) is 0 Å². The highest BCUT2D eigenvalue weighted by Gasteiger charge is 1.95. The first-order chi connectivity index (χ1) is 13.8. The topological polar surface area (TPSA) is 37.3 Å². The molecular formula is C26H50O2. The number of aliphatic carboxylic acids is 1. The Bertz CT molecular complexity index is 335. The molecule has 0 unspecified atom stereocenters. The number of carbonyl (C=O) groups is 1. The van der Waals surface area contributed by atoms with E-state index in [0.29, 0.717) is 0 Å². The summed E-state index contributed by atoms with van der Waals surface area (Å²) in [5.41, 5.74) is 0. The zero-order valence-corrected chi connectivity index (χ0v) is 19.1. The molecule has 0 amide bonds. The summed E-state index contributed by atoms with van der Waals surface area (Å²) in [5.74, 6) is -0.830. The third-order valence-corrected chi connectivity index (χ3v) is 5.73. The minimum absolute atomic E-state index is 0.830. The highest BCUT2D eigenvalue weighted by Crippen LogP contribution is 2.15. The standard InChI is InChI=1S/C26H50O2/c1-2-3-4-5-6-7-8-9-10-11-12-13-14-15-16-17-18-19-20-21-22-23-24-25-26(27)28/h24-25H,2-23H2,1H3,(H,27,28). The van der Waals surface area contributed by atoms with Crippen molar-refractivity contribution in [1.29, 1.82) is 0 Å². The van der Waals surface area contributed by atoms with Crippen LogP contribution in [0.4, 0.5) is 0 Å². The normalized spacial score (nSPS) is 11.5. The number of allylic oxidation sites excluding steroid dienone is 1. The Hall–Kier alpha value is -0.790. The van der Waals surface area contributed by atoms with Gasteiger partial charge in [0.1, 0.15) is 0 Å². The van der Waals surface area contributed by atoms with E-state index in [9.17, 15) is 4.79 Å². The maximum Gasteiger partial charge on any atom is 0.327 e. The van der Waals surface area contributed by atoms with Gasteiger partial charge in [-0.15, -0.1) is 0 Å². The van der Waals surface area contributed by atoms with E-state index in [1.807, 2.05) is 0 Å². The van der Waals surface area contributed by atoms with Crippen molar-refractivity contribution in [2.45, 2.75) is 148 Å². The third kappa shape index (κ3) is 25.2. The molecule has 0 aromatic carbocycles. The van der Waals surface area contributed by atoms with Crippen molar-refractivity contribution in [3.63, 3.8) is 0 Å². The molecule has 0 rings (SSSR count). The van der Waals surface area contributed by atoms with Crippen LogP contribution in [0.15, 0.2) is 12.2 Å². The zero-order valence-electron chi connectivity index (χ0n) is 19.1. The van der Waals surface area contributed by atoms with Crippen molar-refractivity contribution in [3.8, 4) is 0 Å². The van der Waals surface area contributed by atoms with Crippen LogP contribution < -0.4 is 0 Å². The molecule has 0 saturated heterocycles. The van der Waals surface area contributed by atoms with Gasteiger partial charge in [-0.1, -0.05) is 141 Å². The summed E-state index contributed by atoms with van der Waals surface area (Å²) < 4.78 is 0. The predicted octanol–water partition coefficient (Wildman–Crippen LogP) is 9.23. The average Bonchev–Trinajstić information content (AvgIpc) is 2.68. The van der Waals surface area contributed by atoms with Crippen molar-refractivity contribution in [3.05, 3.63) is 12.2 Å². The lowest BCUT2D eigenvalue weighted by Crippen LogP contribution is -1.86. The summed E-state index contributed by atoms with van der Waals surface area (Å²) >= 11 is 0. The first-order valence-corrected chi connectivity index (χ1v) is 12.7. The molecule has 0 aromatic rings. The molecule has 28 heavy (non-hydrogen) atoms. The maximum absolute atomic E-state index is 10.3. The first-order valence-electron chi connectivity index (χ1n) is 12.7. The molecule has 0 aliphatic heterocycles. The lowest BCUT2D eigenvalue weighted by molar-refractivity contribution is -0.131. The van der Waals surface area contributed by atoms with Crippen LogP contribution in [0.3, 0.4) is 0 Å². The van der Waals surface area contributed by atoms with Gasteiger partial charge in [0.05, 0.1) is 0 Å². The fourth-order valence-electron chi connectivity index (χ4n) is 3.88. The summed E-state index contributed by atoms with van der Waals surface area (Å²) in [4.78, 5) is 10.3. The molecule has 0 bridgehead atoms. The smallest absolute Gasteiger partial charge is 0.327 e. The van der Waals surface area contributed by atoms with E-state index in [-0.39, 0.29) is 0 Å². The van der Waals surface area contributed by atoms with Crippen molar-refractivity contribution in [2.24, 2.45) is 0 Å². The van der Waals surface area contributed by atoms with Crippen LogP contribution in [0, 0.1) is 0 Å². The Kier molecular flexibility index (Phi) is 23.6. The van der Waals surface area contributed by atoms with E-state index in [0.717, 1.165) is 12.8 Å². The Balaban J connectivity index is 3.02. The second-order valence-corrected chi connectivity index (χ2v) is 8.60. The van der Waals surface area contributed by atoms with E-state index in [1.165, 1.54) is 134 Å². The minimum Gasteiger partial charge on any atom is -0.478 e. The van der Waals surface area contributed by atoms with Crippen LogP contribution in [0.25, 0.3) is 0 Å². The number of hydrogen-bond donors (Lipinski definition) is 1. The van der Waals surface area contributed by atoms with Gasteiger partial charge in [-0.2, -0.15) is 0 Å². The molecule has 2 nitrogen and oxygen atoms in total. The molecule has 0 heterocycles. The molecule has 0 aromatic heterocycles. The van der Waals surface area contributed by atoms with Crippen molar-refractivity contribution in [2.75, 3.05) is 0 Å². The summed E-state index contributed by atoms with van der Waals surface area (Å²) in [7, 11) is 0. The molecule has 0 atom stereocenters. The minimum atomic E-state index is -0.830. The van der Waals surface area contributed by atoms with Crippen molar-refractivity contribution >= 4 is 5.97 Å². The van der Waals surface area contributed by atoms with E-state index >= 15 is 0 Å². The molecule has 0 spiro atoms.